The number of halogens is 1. The van der Waals surface area contributed by atoms with Crippen LogP contribution in [0.15, 0.2) is 70.8 Å². The molecular weight excluding hydrogens is 469 g/mol. The van der Waals surface area contributed by atoms with Gasteiger partial charge in [0.15, 0.2) is 5.13 Å². The molecule has 1 N–H and O–H groups in total. The van der Waals surface area contributed by atoms with E-state index in [1.807, 2.05) is 18.2 Å². The molecule has 178 valence electrons. The Balaban J connectivity index is 1.54. The summed E-state index contributed by atoms with van der Waals surface area (Å²) in [6, 6.07) is 15.0. The maximum absolute atomic E-state index is 14.2. The largest absolute Gasteiger partial charge is 0.316 e. The fraction of sp³-hybridized carbons (Fsp3) is 0.120. The molecule has 2 aromatic heterocycles. The van der Waals surface area contributed by atoms with Crippen LogP contribution in [0.5, 0.6) is 0 Å². The van der Waals surface area contributed by atoms with Gasteiger partial charge in [-0.2, -0.15) is 0 Å². The number of carbonyl (C=O) groups excluding carboxylic acids is 2. The summed E-state index contributed by atoms with van der Waals surface area (Å²) < 4.78 is 17.4. The predicted molar refractivity (Wildman–Crippen MR) is 135 cm³/mol. The van der Waals surface area contributed by atoms with E-state index in [9.17, 15) is 18.8 Å². The number of carbonyl (C=O) groups is 2. The van der Waals surface area contributed by atoms with Gasteiger partial charge in [0.25, 0.3) is 5.56 Å². The number of hydrogen-bond acceptors (Lipinski definition) is 5. The van der Waals surface area contributed by atoms with Crippen molar-refractivity contribution in [3.8, 4) is 5.69 Å². The number of para-hydroxylation sites is 2. The lowest BCUT2D eigenvalue weighted by molar-refractivity contribution is -0.116. The Morgan fingerprint density at radius 1 is 1.11 bits per heavy atom. The van der Waals surface area contributed by atoms with E-state index in [0.717, 1.165) is 11.3 Å². The molecule has 0 bridgehead atoms. The molecule has 2 heterocycles. The summed E-state index contributed by atoms with van der Waals surface area (Å²) in [6.45, 7) is 3.06. The second-order valence-electron chi connectivity index (χ2n) is 7.62. The van der Waals surface area contributed by atoms with E-state index in [2.05, 4.69) is 10.3 Å². The summed E-state index contributed by atoms with van der Waals surface area (Å²) >= 11 is 1.14. The molecule has 0 saturated carbocycles. The van der Waals surface area contributed by atoms with Crippen molar-refractivity contribution in [3.05, 3.63) is 93.6 Å². The van der Waals surface area contributed by atoms with Crippen molar-refractivity contribution in [3.63, 3.8) is 0 Å². The SMILES string of the molecule is CC(=O)N(c1nc(/C=C/C(=O)Nc2c(C)n(C)n(-c3ccccc3)c2=O)cs1)c1ccccc1F. The molecule has 35 heavy (non-hydrogen) atoms. The van der Waals surface area contributed by atoms with E-state index in [0.29, 0.717) is 17.1 Å². The first-order chi connectivity index (χ1) is 16.8. The lowest BCUT2D eigenvalue weighted by atomic mass is 10.3. The minimum absolute atomic E-state index is 0.0943. The zero-order valence-corrected chi connectivity index (χ0v) is 20.0. The van der Waals surface area contributed by atoms with E-state index in [-0.39, 0.29) is 22.1 Å². The van der Waals surface area contributed by atoms with Gasteiger partial charge in [0, 0.05) is 25.4 Å². The highest BCUT2D eigenvalue weighted by Gasteiger charge is 2.21. The summed E-state index contributed by atoms with van der Waals surface area (Å²) in [5.41, 5.74) is 1.60. The molecule has 10 heteroatoms. The number of anilines is 3. The van der Waals surface area contributed by atoms with Crippen molar-refractivity contribution >= 4 is 45.7 Å². The third-order valence-electron chi connectivity index (χ3n) is 5.32. The zero-order chi connectivity index (χ0) is 25.1. The van der Waals surface area contributed by atoms with Gasteiger partial charge >= 0.3 is 0 Å². The van der Waals surface area contributed by atoms with Crippen LogP contribution in [0.1, 0.15) is 18.3 Å². The maximum Gasteiger partial charge on any atom is 0.295 e. The third-order valence-corrected chi connectivity index (χ3v) is 6.16. The molecule has 4 aromatic rings. The van der Waals surface area contributed by atoms with Crippen LogP contribution in [0.2, 0.25) is 0 Å². The molecule has 8 nitrogen and oxygen atoms in total. The van der Waals surface area contributed by atoms with Crippen molar-refractivity contribution in [2.45, 2.75) is 13.8 Å². The Hall–Kier alpha value is -4.31. The number of nitrogens with one attached hydrogen (secondary N) is 1. The van der Waals surface area contributed by atoms with Crippen molar-refractivity contribution < 1.29 is 14.0 Å². The van der Waals surface area contributed by atoms with Gasteiger partial charge in [-0.15, -0.1) is 11.3 Å². The topological polar surface area (TPSA) is 89.2 Å². The van der Waals surface area contributed by atoms with E-state index < -0.39 is 17.6 Å². The van der Waals surface area contributed by atoms with E-state index in [1.165, 1.54) is 46.9 Å². The summed E-state index contributed by atoms with van der Waals surface area (Å²) in [5, 5.41) is 4.56. The standard InChI is InChI=1S/C25H22FN5O3S/c1-16-23(24(34)31(29(16)3)19-9-5-4-6-10-19)28-22(33)14-13-18-15-35-25(27-18)30(17(2)32)21-12-8-7-11-20(21)26/h4-15H,1-3H3,(H,28,33)/b14-13+. The molecule has 0 aliphatic rings. The number of hydrogen-bond donors (Lipinski definition) is 1. The minimum atomic E-state index is -0.547. The molecule has 4 rings (SSSR count). The van der Waals surface area contributed by atoms with E-state index >= 15 is 0 Å². The first kappa shape index (κ1) is 23.8. The zero-order valence-electron chi connectivity index (χ0n) is 19.2. The third kappa shape index (κ3) is 4.82. The Bertz CT molecular complexity index is 1490. The van der Waals surface area contributed by atoms with Gasteiger partial charge in [-0.25, -0.2) is 14.1 Å². The fourth-order valence-corrected chi connectivity index (χ4v) is 4.38. The number of rotatable bonds is 6. The molecule has 2 amide bonds. The second kappa shape index (κ2) is 9.90. The average Bonchev–Trinajstić information content (AvgIpc) is 3.38. The summed E-state index contributed by atoms with van der Waals surface area (Å²) in [6.07, 6.45) is 2.71. The van der Waals surface area contributed by atoms with Gasteiger partial charge in [0.05, 0.1) is 22.8 Å². The van der Waals surface area contributed by atoms with Gasteiger partial charge in [-0.1, -0.05) is 30.3 Å². The summed E-state index contributed by atoms with van der Waals surface area (Å²) in [5.74, 6) is -1.45. The molecule has 0 aliphatic carbocycles. The predicted octanol–water partition coefficient (Wildman–Crippen LogP) is 4.42. The highest BCUT2D eigenvalue weighted by molar-refractivity contribution is 7.14. The Labute approximate surface area is 204 Å². The molecular formula is C25H22FN5O3S. The van der Waals surface area contributed by atoms with Crippen LogP contribution < -0.4 is 15.8 Å². The van der Waals surface area contributed by atoms with Crippen molar-refractivity contribution in [1.29, 1.82) is 0 Å². The minimum Gasteiger partial charge on any atom is -0.316 e. The quantitative estimate of drug-likeness (QED) is 0.405. The molecule has 0 aliphatic heterocycles. The molecule has 0 spiro atoms. The maximum atomic E-state index is 14.2. The molecule has 0 atom stereocenters. The van der Waals surface area contributed by atoms with E-state index in [4.69, 9.17) is 0 Å². The van der Waals surface area contributed by atoms with Crippen LogP contribution in [0.25, 0.3) is 11.8 Å². The summed E-state index contributed by atoms with van der Waals surface area (Å²) in [7, 11) is 1.74. The van der Waals surface area contributed by atoms with Crippen LogP contribution in [0.4, 0.5) is 20.9 Å². The number of nitrogens with zero attached hydrogens (tertiary/aromatic N) is 4. The van der Waals surface area contributed by atoms with Crippen LogP contribution in [0, 0.1) is 12.7 Å². The Morgan fingerprint density at radius 2 is 1.80 bits per heavy atom. The van der Waals surface area contributed by atoms with Gasteiger partial charge in [-0.3, -0.25) is 24.0 Å². The number of thiazole rings is 1. The van der Waals surface area contributed by atoms with Gasteiger partial charge in [0.2, 0.25) is 11.8 Å². The molecule has 0 unspecified atom stereocenters. The van der Waals surface area contributed by atoms with Crippen LogP contribution in [-0.2, 0) is 16.6 Å². The molecule has 0 saturated heterocycles. The molecule has 2 aromatic carbocycles. The lowest BCUT2D eigenvalue weighted by Crippen LogP contribution is -2.23. The highest BCUT2D eigenvalue weighted by Crippen LogP contribution is 2.31. The fourth-order valence-electron chi connectivity index (χ4n) is 3.53. The Morgan fingerprint density at radius 3 is 2.49 bits per heavy atom. The average molecular weight is 492 g/mol. The van der Waals surface area contributed by atoms with Crippen LogP contribution in [-0.4, -0.2) is 26.2 Å². The summed E-state index contributed by atoms with van der Waals surface area (Å²) in [4.78, 5) is 43.2. The smallest absolute Gasteiger partial charge is 0.295 e. The van der Waals surface area contributed by atoms with Crippen molar-refractivity contribution in [1.82, 2.24) is 14.3 Å². The monoisotopic (exact) mass is 491 g/mol. The number of benzene rings is 2. The van der Waals surface area contributed by atoms with Crippen molar-refractivity contribution in [2.75, 3.05) is 10.2 Å². The highest BCUT2D eigenvalue weighted by atomic mass is 32.1. The normalized spacial score (nSPS) is 11.1. The van der Waals surface area contributed by atoms with Gasteiger partial charge in [-0.05, 0) is 37.3 Å². The molecule has 0 radical (unpaired) electrons. The number of aromatic nitrogens is 3. The lowest BCUT2D eigenvalue weighted by Gasteiger charge is -2.18. The first-order valence-corrected chi connectivity index (χ1v) is 11.5. The van der Waals surface area contributed by atoms with Gasteiger partial charge in [0.1, 0.15) is 11.5 Å². The van der Waals surface area contributed by atoms with Crippen LogP contribution in [0.3, 0.4) is 0 Å². The first-order valence-electron chi connectivity index (χ1n) is 10.6. The van der Waals surface area contributed by atoms with Gasteiger partial charge < -0.3 is 5.32 Å². The Kier molecular flexibility index (Phi) is 6.74. The second-order valence-corrected chi connectivity index (χ2v) is 8.46. The van der Waals surface area contributed by atoms with Crippen LogP contribution >= 0.6 is 11.3 Å². The van der Waals surface area contributed by atoms with Crippen molar-refractivity contribution in [2.24, 2.45) is 7.05 Å². The molecule has 0 fully saturated rings. The van der Waals surface area contributed by atoms with E-state index in [1.54, 1.807) is 42.2 Å². The number of amides is 2.